The molecule has 1 aromatic carbocycles. The van der Waals surface area contributed by atoms with E-state index in [-0.39, 0.29) is 30.2 Å². The molecule has 1 saturated heterocycles. The molecule has 1 heterocycles. The summed E-state index contributed by atoms with van der Waals surface area (Å²) in [5.74, 6) is -0.215. The fourth-order valence-electron chi connectivity index (χ4n) is 4.12. The van der Waals surface area contributed by atoms with Crippen LogP contribution in [0.2, 0.25) is 0 Å². The molecule has 0 radical (unpaired) electrons. The Labute approximate surface area is 165 Å². The van der Waals surface area contributed by atoms with E-state index in [0.29, 0.717) is 24.3 Å². The molecular formula is C21H29N3O4. The van der Waals surface area contributed by atoms with Crippen LogP contribution in [0.3, 0.4) is 0 Å². The summed E-state index contributed by atoms with van der Waals surface area (Å²) < 4.78 is 4.80. The standard InChI is InChI=1S/C21H29N3O4/c1-28-14-19(25)22-16-9-5-10-17(13-16)23-20(26)18-11-6-12-24(18)21(27)15-7-3-2-4-8-15/h5,9-10,13,15,18H,2-4,6-8,11-12,14H2,1H3,(H,22,25)(H,23,26). The summed E-state index contributed by atoms with van der Waals surface area (Å²) in [4.78, 5) is 39.2. The lowest BCUT2D eigenvalue weighted by atomic mass is 9.88. The average Bonchev–Trinajstić information content (AvgIpc) is 3.18. The molecule has 3 amide bonds. The van der Waals surface area contributed by atoms with Crippen molar-refractivity contribution in [3.05, 3.63) is 24.3 Å². The lowest BCUT2D eigenvalue weighted by Gasteiger charge is -2.30. The van der Waals surface area contributed by atoms with Gasteiger partial charge in [-0.15, -0.1) is 0 Å². The molecule has 0 spiro atoms. The van der Waals surface area contributed by atoms with Gasteiger partial charge in [-0.1, -0.05) is 25.3 Å². The average molecular weight is 387 g/mol. The number of hydrogen-bond donors (Lipinski definition) is 2. The number of rotatable bonds is 6. The third-order valence-corrected chi connectivity index (χ3v) is 5.48. The molecule has 2 aliphatic rings. The van der Waals surface area contributed by atoms with Crippen molar-refractivity contribution in [2.24, 2.45) is 5.92 Å². The molecule has 1 saturated carbocycles. The second-order valence-electron chi connectivity index (χ2n) is 7.58. The fourth-order valence-corrected chi connectivity index (χ4v) is 4.12. The molecule has 1 aromatic rings. The van der Waals surface area contributed by atoms with E-state index in [2.05, 4.69) is 10.6 Å². The van der Waals surface area contributed by atoms with Crippen LogP contribution in [-0.4, -0.2) is 48.9 Å². The van der Waals surface area contributed by atoms with Crippen LogP contribution < -0.4 is 10.6 Å². The number of nitrogens with one attached hydrogen (secondary N) is 2. The van der Waals surface area contributed by atoms with Gasteiger partial charge < -0.3 is 20.3 Å². The zero-order chi connectivity index (χ0) is 19.9. The van der Waals surface area contributed by atoms with Crippen LogP contribution in [0.15, 0.2) is 24.3 Å². The fraction of sp³-hybridized carbons (Fsp3) is 0.571. The van der Waals surface area contributed by atoms with E-state index in [1.165, 1.54) is 13.5 Å². The summed E-state index contributed by atoms with van der Waals surface area (Å²) in [5, 5.41) is 5.62. The number of nitrogens with zero attached hydrogens (tertiary/aromatic N) is 1. The van der Waals surface area contributed by atoms with Gasteiger partial charge in [0.2, 0.25) is 17.7 Å². The van der Waals surface area contributed by atoms with Crippen molar-refractivity contribution < 1.29 is 19.1 Å². The lowest BCUT2D eigenvalue weighted by Crippen LogP contribution is -2.46. The van der Waals surface area contributed by atoms with E-state index >= 15 is 0 Å². The molecule has 28 heavy (non-hydrogen) atoms. The summed E-state index contributed by atoms with van der Waals surface area (Å²) in [7, 11) is 1.46. The normalized spacial score (nSPS) is 20.0. The van der Waals surface area contributed by atoms with E-state index in [1.54, 1.807) is 29.2 Å². The maximum Gasteiger partial charge on any atom is 0.250 e. The Morgan fingerprint density at radius 1 is 1.04 bits per heavy atom. The molecule has 1 aliphatic heterocycles. The van der Waals surface area contributed by atoms with Gasteiger partial charge >= 0.3 is 0 Å². The van der Waals surface area contributed by atoms with Crippen molar-refractivity contribution in [2.75, 3.05) is 30.9 Å². The van der Waals surface area contributed by atoms with Gasteiger partial charge in [0, 0.05) is 30.9 Å². The van der Waals surface area contributed by atoms with Gasteiger partial charge in [-0.2, -0.15) is 0 Å². The van der Waals surface area contributed by atoms with Gasteiger partial charge in [0.1, 0.15) is 12.6 Å². The molecule has 7 heteroatoms. The highest BCUT2D eigenvalue weighted by Gasteiger charge is 2.37. The number of ether oxygens (including phenoxy) is 1. The van der Waals surface area contributed by atoms with Crippen LogP contribution in [0.1, 0.15) is 44.9 Å². The van der Waals surface area contributed by atoms with Gasteiger partial charge in [-0.05, 0) is 43.9 Å². The number of carbonyl (C=O) groups is 3. The predicted molar refractivity (Wildman–Crippen MR) is 107 cm³/mol. The first-order valence-corrected chi connectivity index (χ1v) is 10.1. The lowest BCUT2D eigenvalue weighted by molar-refractivity contribution is -0.141. The number of likely N-dealkylation sites (tertiary alicyclic amines) is 1. The van der Waals surface area contributed by atoms with Crippen molar-refractivity contribution >= 4 is 29.1 Å². The number of anilines is 2. The van der Waals surface area contributed by atoms with E-state index in [4.69, 9.17) is 4.74 Å². The second-order valence-corrected chi connectivity index (χ2v) is 7.58. The van der Waals surface area contributed by atoms with Crippen molar-refractivity contribution in [1.29, 1.82) is 0 Å². The van der Waals surface area contributed by atoms with Gasteiger partial charge in [0.05, 0.1) is 0 Å². The van der Waals surface area contributed by atoms with E-state index in [9.17, 15) is 14.4 Å². The van der Waals surface area contributed by atoms with Crippen molar-refractivity contribution in [2.45, 2.75) is 51.0 Å². The molecular weight excluding hydrogens is 358 g/mol. The van der Waals surface area contributed by atoms with Crippen LogP contribution in [-0.2, 0) is 19.1 Å². The molecule has 1 atom stereocenters. The van der Waals surface area contributed by atoms with Crippen LogP contribution >= 0.6 is 0 Å². The molecule has 0 bridgehead atoms. The van der Waals surface area contributed by atoms with Crippen LogP contribution in [0.5, 0.6) is 0 Å². The zero-order valence-electron chi connectivity index (χ0n) is 16.4. The summed E-state index contributed by atoms with van der Waals surface area (Å²) in [6.07, 6.45) is 6.81. The number of amides is 3. The zero-order valence-corrected chi connectivity index (χ0v) is 16.4. The van der Waals surface area contributed by atoms with Gasteiger partial charge in [-0.3, -0.25) is 14.4 Å². The minimum Gasteiger partial charge on any atom is -0.375 e. The smallest absolute Gasteiger partial charge is 0.250 e. The highest BCUT2D eigenvalue weighted by Crippen LogP contribution is 2.29. The maximum absolute atomic E-state index is 12.9. The number of benzene rings is 1. The van der Waals surface area contributed by atoms with Crippen LogP contribution in [0.4, 0.5) is 11.4 Å². The van der Waals surface area contributed by atoms with E-state index < -0.39 is 6.04 Å². The van der Waals surface area contributed by atoms with E-state index in [1.807, 2.05) is 0 Å². The first kappa shape index (κ1) is 20.3. The number of hydrogen-bond acceptors (Lipinski definition) is 4. The molecule has 152 valence electrons. The molecule has 1 unspecified atom stereocenters. The Kier molecular flexibility index (Phi) is 7.03. The monoisotopic (exact) mass is 387 g/mol. The molecule has 2 fully saturated rings. The Morgan fingerprint density at radius 3 is 2.46 bits per heavy atom. The van der Waals surface area contributed by atoms with Gasteiger partial charge in [0.15, 0.2) is 0 Å². The minimum atomic E-state index is -0.416. The Balaban J connectivity index is 1.61. The maximum atomic E-state index is 12.9. The molecule has 0 aromatic heterocycles. The molecule has 2 N–H and O–H groups in total. The summed E-state index contributed by atoms with van der Waals surface area (Å²) in [5.41, 5.74) is 1.18. The predicted octanol–water partition coefficient (Wildman–Crippen LogP) is 2.78. The SMILES string of the molecule is COCC(=O)Nc1cccc(NC(=O)C2CCCN2C(=O)C2CCCCC2)c1. The third kappa shape index (κ3) is 5.10. The van der Waals surface area contributed by atoms with Crippen molar-refractivity contribution in [3.8, 4) is 0 Å². The Hall–Kier alpha value is -2.41. The molecule has 1 aliphatic carbocycles. The molecule has 7 nitrogen and oxygen atoms in total. The van der Waals surface area contributed by atoms with E-state index in [0.717, 1.165) is 32.1 Å². The van der Waals surface area contributed by atoms with Crippen molar-refractivity contribution in [3.63, 3.8) is 0 Å². The molecule has 3 rings (SSSR count). The van der Waals surface area contributed by atoms with Gasteiger partial charge in [0.25, 0.3) is 0 Å². The van der Waals surface area contributed by atoms with Crippen molar-refractivity contribution in [1.82, 2.24) is 4.90 Å². The highest BCUT2D eigenvalue weighted by molar-refractivity contribution is 5.99. The number of carbonyl (C=O) groups excluding carboxylic acids is 3. The summed E-state index contributed by atoms with van der Waals surface area (Å²) in [6.45, 7) is 0.622. The Bertz CT molecular complexity index is 715. The summed E-state index contributed by atoms with van der Waals surface area (Å²) >= 11 is 0. The van der Waals surface area contributed by atoms with Crippen LogP contribution in [0.25, 0.3) is 0 Å². The first-order chi connectivity index (χ1) is 13.6. The number of methoxy groups -OCH3 is 1. The topological polar surface area (TPSA) is 87.7 Å². The summed E-state index contributed by atoms with van der Waals surface area (Å²) in [6, 6.07) is 6.57. The minimum absolute atomic E-state index is 0.0309. The quantitative estimate of drug-likeness (QED) is 0.786. The first-order valence-electron chi connectivity index (χ1n) is 10.1. The second kappa shape index (κ2) is 9.68. The third-order valence-electron chi connectivity index (χ3n) is 5.48. The Morgan fingerprint density at radius 2 is 1.75 bits per heavy atom. The largest absolute Gasteiger partial charge is 0.375 e. The van der Waals surface area contributed by atoms with Gasteiger partial charge in [-0.25, -0.2) is 0 Å². The highest BCUT2D eigenvalue weighted by atomic mass is 16.5. The van der Waals surface area contributed by atoms with Crippen LogP contribution in [0, 0.1) is 5.92 Å².